The average molecular weight is 476 g/mol. The number of amides is 1. The molecule has 35 heavy (non-hydrogen) atoms. The number of esters is 1. The van der Waals surface area contributed by atoms with Crippen LogP contribution in [-0.2, 0) is 27.3 Å². The van der Waals surface area contributed by atoms with E-state index in [4.69, 9.17) is 4.74 Å². The van der Waals surface area contributed by atoms with E-state index in [0.717, 1.165) is 31.5 Å². The minimum atomic E-state index is -0.820. The molecule has 2 aromatic rings. The van der Waals surface area contributed by atoms with Gasteiger partial charge >= 0.3 is 5.97 Å². The van der Waals surface area contributed by atoms with Crippen LogP contribution in [0.15, 0.2) is 60.7 Å². The minimum absolute atomic E-state index is 0.00395. The lowest BCUT2D eigenvalue weighted by molar-refractivity contribution is -0.158. The maximum atomic E-state index is 14.1. The van der Waals surface area contributed by atoms with Crippen molar-refractivity contribution < 1.29 is 14.3 Å². The number of benzene rings is 2. The average Bonchev–Trinajstić information content (AvgIpc) is 3.17. The van der Waals surface area contributed by atoms with Gasteiger partial charge in [0, 0.05) is 37.5 Å². The van der Waals surface area contributed by atoms with Crippen LogP contribution < -0.4 is 10.6 Å². The zero-order valence-corrected chi connectivity index (χ0v) is 20.9. The van der Waals surface area contributed by atoms with Crippen molar-refractivity contribution in [3.8, 4) is 0 Å². The highest BCUT2D eigenvalue weighted by atomic mass is 16.5. The number of rotatable bonds is 8. The first-order valence-corrected chi connectivity index (χ1v) is 12.9. The van der Waals surface area contributed by atoms with Crippen molar-refractivity contribution in [1.82, 2.24) is 15.5 Å². The second kappa shape index (κ2) is 9.75. The molecule has 3 aliphatic heterocycles. The second-order valence-corrected chi connectivity index (χ2v) is 11.0. The standard InChI is InChI=1S/C29H37N3O3/c1-19(2)17-32-18-22-15-29(28(34)30-16-21-12-8-5-9-13-21)23(14-20-10-6-4-7-11-20)26(32)24(22)25(31-29)27(33)35-3/h4-13,19,22-26,31H,14-18H2,1-3H3,(H,30,34). The molecule has 2 aromatic carbocycles. The van der Waals surface area contributed by atoms with Crippen molar-refractivity contribution in [3.63, 3.8) is 0 Å². The molecule has 1 saturated carbocycles. The maximum Gasteiger partial charge on any atom is 0.323 e. The van der Waals surface area contributed by atoms with E-state index in [1.54, 1.807) is 0 Å². The van der Waals surface area contributed by atoms with Crippen molar-refractivity contribution in [2.24, 2.45) is 23.7 Å². The summed E-state index contributed by atoms with van der Waals surface area (Å²) in [7, 11) is 1.45. The van der Waals surface area contributed by atoms with Crippen molar-refractivity contribution in [2.45, 2.75) is 50.9 Å². The van der Waals surface area contributed by atoms with E-state index < -0.39 is 11.6 Å². The smallest absolute Gasteiger partial charge is 0.323 e. The number of ether oxygens (including phenoxy) is 1. The molecule has 6 heteroatoms. The summed E-state index contributed by atoms with van der Waals surface area (Å²) in [6.45, 7) is 6.86. The van der Waals surface area contributed by atoms with Crippen LogP contribution in [0.4, 0.5) is 0 Å². The highest BCUT2D eigenvalue weighted by molar-refractivity contribution is 5.90. The quantitative estimate of drug-likeness (QED) is 0.575. The molecule has 6 unspecified atom stereocenters. The molecule has 0 radical (unpaired) electrons. The fraction of sp³-hybridized carbons (Fsp3) is 0.517. The Hall–Kier alpha value is -2.70. The van der Waals surface area contributed by atoms with Crippen molar-refractivity contribution in [2.75, 3.05) is 20.2 Å². The zero-order valence-electron chi connectivity index (χ0n) is 20.9. The fourth-order valence-electron chi connectivity index (χ4n) is 7.09. The summed E-state index contributed by atoms with van der Waals surface area (Å²) in [6, 6.07) is 20.1. The Bertz CT molecular complexity index is 1040. The molecule has 4 aliphatic rings. The van der Waals surface area contributed by atoms with Gasteiger partial charge in [-0.1, -0.05) is 74.5 Å². The van der Waals surface area contributed by atoms with Crippen LogP contribution >= 0.6 is 0 Å². The highest BCUT2D eigenvalue weighted by Crippen LogP contribution is 2.55. The number of nitrogens with zero attached hydrogens (tertiary/aromatic N) is 1. The lowest BCUT2D eigenvalue weighted by Gasteiger charge is -2.58. The highest BCUT2D eigenvalue weighted by Gasteiger charge is 2.69. The normalized spacial score (nSPS) is 31.5. The van der Waals surface area contributed by atoms with Gasteiger partial charge in [0.25, 0.3) is 0 Å². The first-order valence-electron chi connectivity index (χ1n) is 12.9. The molecular formula is C29H37N3O3. The van der Waals surface area contributed by atoms with Crippen LogP contribution in [0.5, 0.6) is 0 Å². The molecule has 1 amide bonds. The number of carbonyl (C=O) groups is 2. The SMILES string of the molecule is COC(=O)C1NC2(C(=O)NCc3ccccc3)CC3CN(CC(C)C)C(C31)C2Cc1ccccc1. The number of fused-ring (bicyclic) bond motifs is 1. The van der Waals surface area contributed by atoms with Gasteiger partial charge in [0.1, 0.15) is 11.6 Å². The van der Waals surface area contributed by atoms with Crippen LogP contribution in [0, 0.1) is 23.7 Å². The summed E-state index contributed by atoms with van der Waals surface area (Å²) >= 11 is 0. The minimum Gasteiger partial charge on any atom is -0.468 e. The van der Waals surface area contributed by atoms with Crippen LogP contribution in [0.3, 0.4) is 0 Å². The molecule has 1 aliphatic carbocycles. The van der Waals surface area contributed by atoms with Gasteiger partial charge in [-0.2, -0.15) is 0 Å². The number of nitrogens with one attached hydrogen (secondary N) is 2. The van der Waals surface area contributed by atoms with Gasteiger partial charge < -0.3 is 10.1 Å². The Morgan fingerprint density at radius 2 is 1.74 bits per heavy atom. The molecule has 3 saturated heterocycles. The molecule has 6 atom stereocenters. The van der Waals surface area contributed by atoms with Gasteiger partial charge in [0.2, 0.25) is 5.91 Å². The van der Waals surface area contributed by atoms with Crippen molar-refractivity contribution in [1.29, 1.82) is 0 Å². The largest absolute Gasteiger partial charge is 0.468 e. The van der Waals surface area contributed by atoms with E-state index in [1.807, 2.05) is 36.4 Å². The van der Waals surface area contributed by atoms with Crippen molar-refractivity contribution >= 4 is 11.9 Å². The summed E-state index contributed by atoms with van der Waals surface area (Å²) in [5.41, 5.74) is 1.47. The fourth-order valence-corrected chi connectivity index (χ4v) is 7.09. The summed E-state index contributed by atoms with van der Waals surface area (Å²) < 4.78 is 5.24. The van der Waals surface area contributed by atoms with Gasteiger partial charge in [0.15, 0.2) is 0 Å². The Balaban J connectivity index is 1.53. The third kappa shape index (κ3) is 4.38. The third-order valence-corrected chi connectivity index (χ3v) is 8.31. The van der Waals surface area contributed by atoms with Gasteiger partial charge in [-0.15, -0.1) is 0 Å². The lowest BCUT2D eigenvalue weighted by Crippen LogP contribution is -2.78. The number of hydrogen-bond acceptors (Lipinski definition) is 5. The van der Waals surface area contributed by atoms with E-state index in [9.17, 15) is 9.59 Å². The Kier molecular flexibility index (Phi) is 6.69. The molecule has 186 valence electrons. The second-order valence-electron chi connectivity index (χ2n) is 11.0. The van der Waals surface area contributed by atoms with Crippen LogP contribution in [0.1, 0.15) is 31.4 Å². The Morgan fingerprint density at radius 1 is 1.09 bits per heavy atom. The molecule has 4 bridgehead atoms. The van der Waals surface area contributed by atoms with E-state index in [2.05, 4.69) is 53.6 Å². The Labute approximate surface area is 208 Å². The zero-order chi connectivity index (χ0) is 24.6. The van der Waals surface area contributed by atoms with Crippen LogP contribution in [0.25, 0.3) is 0 Å². The number of piperidine rings is 2. The number of likely N-dealkylation sites (tertiary alicyclic amines) is 1. The first-order chi connectivity index (χ1) is 16.9. The molecule has 4 fully saturated rings. The van der Waals surface area contributed by atoms with E-state index in [-0.39, 0.29) is 29.8 Å². The summed E-state index contributed by atoms with van der Waals surface area (Å²) in [5.74, 6) is 0.754. The lowest BCUT2D eigenvalue weighted by atomic mass is 9.55. The maximum absolute atomic E-state index is 14.1. The van der Waals surface area contributed by atoms with Crippen LogP contribution in [0.2, 0.25) is 0 Å². The van der Waals surface area contributed by atoms with E-state index in [1.165, 1.54) is 12.7 Å². The predicted octanol–water partition coefficient (Wildman–Crippen LogP) is 3.02. The molecule has 2 N–H and O–H groups in total. The third-order valence-electron chi connectivity index (χ3n) is 8.31. The molecule has 6 rings (SSSR count). The van der Waals surface area contributed by atoms with E-state index >= 15 is 0 Å². The topological polar surface area (TPSA) is 70.7 Å². The molecular weight excluding hydrogens is 438 g/mol. The van der Waals surface area contributed by atoms with Crippen LogP contribution in [-0.4, -0.2) is 54.6 Å². The van der Waals surface area contributed by atoms with Gasteiger partial charge in [-0.25, -0.2) is 0 Å². The van der Waals surface area contributed by atoms with Gasteiger partial charge in [-0.3, -0.25) is 19.8 Å². The molecule has 0 spiro atoms. The number of carbonyl (C=O) groups excluding carboxylic acids is 2. The number of methoxy groups -OCH3 is 1. The summed E-state index contributed by atoms with van der Waals surface area (Å²) in [5, 5.41) is 6.82. The molecule has 0 aromatic heterocycles. The summed E-state index contributed by atoms with van der Waals surface area (Å²) in [6.07, 6.45) is 1.54. The number of hydrogen-bond donors (Lipinski definition) is 2. The Morgan fingerprint density at radius 3 is 2.37 bits per heavy atom. The first kappa shape index (κ1) is 24.0. The van der Waals surface area contributed by atoms with Gasteiger partial charge in [0.05, 0.1) is 7.11 Å². The van der Waals surface area contributed by atoms with Gasteiger partial charge in [-0.05, 0) is 35.8 Å². The molecule has 3 heterocycles. The van der Waals surface area contributed by atoms with E-state index in [0.29, 0.717) is 18.4 Å². The monoisotopic (exact) mass is 475 g/mol. The van der Waals surface area contributed by atoms with Crippen molar-refractivity contribution in [3.05, 3.63) is 71.8 Å². The summed E-state index contributed by atoms with van der Waals surface area (Å²) in [4.78, 5) is 29.7. The predicted molar refractivity (Wildman–Crippen MR) is 135 cm³/mol. The molecule has 6 nitrogen and oxygen atoms in total.